The Balaban J connectivity index is 0.00000140. The van der Waals surface area contributed by atoms with Gasteiger partial charge in [-0.25, -0.2) is 4.98 Å². The van der Waals surface area contributed by atoms with E-state index in [1.807, 2.05) is 35.2 Å². The van der Waals surface area contributed by atoms with Crippen LogP contribution in [0.4, 0.5) is 5.82 Å². The van der Waals surface area contributed by atoms with Crippen molar-refractivity contribution in [2.45, 2.75) is 12.0 Å². The molecule has 2 atom stereocenters. The Bertz CT molecular complexity index is 772. The number of anilines is 1. The summed E-state index contributed by atoms with van der Waals surface area (Å²) < 4.78 is 5.42. The molecule has 152 valence electrons. The molecule has 2 fully saturated rings. The smallest absolute Gasteiger partial charge is 0.257 e. The Morgan fingerprint density at radius 2 is 1.75 bits per heavy atom. The Kier molecular flexibility index (Phi) is 8.07. The van der Waals surface area contributed by atoms with Crippen molar-refractivity contribution < 1.29 is 9.53 Å². The molecule has 0 bridgehead atoms. The molecular formula is C20H26Cl2N4O2. The summed E-state index contributed by atoms with van der Waals surface area (Å²) in [5.41, 5.74) is 8.20. The number of hydrogen-bond donors (Lipinski definition) is 1. The number of benzene rings is 1. The van der Waals surface area contributed by atoms with Gasteiger partial charge in [-0.2, -0.15) is 0 Å². The second-order valence-corrected chi connectivity index (χ2v) is 6.87. The maximum atomic E-state index is 13.2. The third-order valence-electron chi connectivity index (χ3n) is 5.21. The minimum absolute atomic E-state index is 0. The van der Waals surface area contributed by atoms with Gasteiger partial charge in [-0.3, -0.25) is 4.79 Å². The predicted molar refractivity (Wildman–Crippen MR) is 115 cm³/mol. The average molecular weight is 425 g/mol. The maximum absolute atomic E-state index is 13.2. The van der Waals surface area contributed by atoms with Crippen LogP contribution in [0.1, 0.15) is 21.8 Å². The number of nitrogens with zero attached hydrogens (tertiary/aromatic N) is 3. The first-order valence-corrected chi connectivity index (χ1v) is 9.11. The quantitative estimate of drug-likeness (QED) is 0.818. The fraction of sp³-hybridized carbons (Fsp3) is 0.400. The first-order chi connectivity index (χ1) is 12.7. The predicted octanol–water partition coefficient (Wildman–Crippen LogP) is 2.33. The Morgan fingerprint density at radius 1 is 1.04 bits per heavy atom. The van der Waals surface area contributed by atoms with E-state index in [4.69, 9.17) is 10.5 Å². The molecule has 8 heteroatoms. The molecule has 2 saturated heterocycles. The van der Waals surface area contributed by atoms with Gasteiger partial charge in [-0.05, 0) is 17.7 Å². The molecule has 4 rings (SSSR count). The zero-order chi connectivity index (χ0) is 17.9. The number of ether oxygens (including phenoxy) is 1. The van der Waals surface area contributed by atoms with Crippen molar-refractivity contribution in [1.82, 2.24) is 9.88 Å². The number of halogens is 2. The van der Waals surface area contributed by atoms with E-state index in [1.165, 1.54) is 5.56 Å². The van der Waals surface area contributed by atoms with Crippen LogP contribution in [0.5, 0.6) is 0 Å². The molecule has 1 aromatic heterocycles. The molecule has 0 unspecified atom stereocenters. The zero-order valence-corrected chi connectivity index (χ0v) is 17.2. The second-order valence-electron chi connectivity index (χ2n) is 6.87. The van der Waals surface area contributed by atoms with Crippen molar-refractivity contribution in [3.8, 4) is 0 Å². The first kappa shape index (κ1) is 22.4. The molecule has 28 heavy (non-hydrogen) atoms. The van der Waals surface area contributed by atoms with Crippen LogP contribution in [0.15, 0.2) is 48.7 Å². The number of nitrogens with two attached hydrogens (primary N) is 1. The van der Waals surface area contributed by atoms with E-state index >= 15 is 0 Å². The van der Waals surface area contributed by atoms with Gasteiger partial charge in [0.05, 0.1) is 18.8 Å². The Labute approximate surface area is 177 Å². The summed E-state index contributed by atoms with van der Waals surface area (Å²) in [7, 11) is 0. The number of morpholine rings is 1. The molecule has 2 aliphatic heterocycles. The minimum Gasteiger partial charge on any atom is -0.378 e. The normalized spacial score (nSPS) is 21.6. The Hall–Kier alpha value is -1.86. The highest BCUT2D eigenvalue weighted by Crippen LogP contribution is 2.29. The van der Waals surface area contributed by atoms with Crippen molar-refractivity contribution in [3.63, 3.8) is 0 Å². The van der Waals surface area contributed by atoms with Gasteiger partial charge in [0.15, 0.2) is 0 Å². The number of pyridine rings is 1. The third kappa shape index (κ3) is 4.58. The van der Waals surface area contributed by atoms with E-state index in [-0.39, 0.29) is 42.7 Å². The average Bonchev–Trinajstić information content (AvgIpc) is 3.10. The summed E-state index contributed by atoms with van der Waals surface area (Å²) in [6.07, 6.45) is 1.74. The summed E-state index contributed by atoms with van der Waals surface area (Å²) >= 11 is 0. The van der Waals surface area contributed by atoms with Crippen LogP contribution in [0, 0.1) is 0 Å². The van der Waals surface area contributed by atoms with Crippen LogP contribution in [0.2, 0.25) is 0 Å². The number of carbonyl (C=O) groups excluding carboxylic acids is 1. The number of likely N-dealkylation sites (tertiary alicyclic amines) is 1. The van der Waals surface area contributed by atoms with E-state index in [0.717, 1.165) is 18.9 Å². The third-order valence-corrected chi connectivity index (χ3v) is 5.21. The largest absolute Gasteiger partial charge is 0.378 e. The first-order valence-electron chi connectivity index (χ1n) is 9.11. The SMILES string of the molecule is Cl.Cl.N[C@@H]1CN(C(=O)c2cccnc2N2CCOCC2)C[C@H]1c1ccccc1. The molecule has 6 nitrogen and oxygen atoms in total. The van der Waals surface area contributed by atoms with Crippen molar-refractivity contribution in [2.75, 3.05) is 44.3 Å². The standard InChI is InChI=1S/C20H24N4O2.2ClH/c21-18-14-24(13-17(18)15-5-2-1-3-6-15)20(25)16-7-4-8-22-19(16)23-9-11-26-12-10-23;;/h1-8,17-18H,9-14,21H2;2*1H/t17-,18+;;/m0../s1. The molecule has 3 heterocycles. The lowest BCUT2D eigenvalue weighted by Gasteiger charge is -2.29. The lowest BCUT2D eigenvalue weighted by molar-refractivity contribution is 0.0788. The second kappa shape index (κ2) is 10.1. The van der Waals surface area contributed by atoms with E-state index in [0.29, 0.717) is 31.9 Å². The van der Waals surface area contributed by atoms with Gasteiger partial charge in [-0.1, -0.05) is 30.3 Å². The fourth-order valence-electron chi connectivity index (χ4n) is 3.81. The summed E-state index contributed by atoms with van der Waals surface area (Å²) in [5, 5.41) is 0. The lowest BCUT2D eigenvalue weighted by atomic mass is 9.95. The molecule has 1 aromatic carbocycles. The molecule has 0 spiro atoms. The Morgan fingerprint density at radius 3 is 2.46 bits per heavy atom. The van der Waals surface area contributed by atoms with Gasteiger partial charge in [0.25, 0.3) is 5.91 Å². The molecular weight excluding hydrogens is 399 g/mol. The van der Waals surface area contributed by atoms with Crippen LogP contribution in [-0.4, -0.2) is 61.2 Å². The van der Waals surface area contributed by atoms with Gasteiger partial charge in [-0.15, -0.1) is 24.8 Å². The minimum atomic E-state index is -0.0511. The number of carbonyl (C=O) groups is 1. The number of rotatable bonds is 3. The van der Waals surface area contributed by atoms with Gasteiger partial charge >= 0.3 is 0 Å². The monoisotopic (exact) mass is 424 g/mol. The van der Waals surface area contributed by atoms with Gasteiger partial charge in [0, 0.05) is 44.3 Å². The van der Waals surface area contributed by atoms with Crippen LogP contribution in [0.3, 0.4) is 0 Å². The van der Waals surface area contributed by atoms with Gasteiger partial charge < -0.3 is 20.3 Å². The number of aromatic nitrogens is 1. The van der Waals surface area contributed by atoms with E-state index in [1.54, 1.807) is 6.20 Å². The number of amides is 1. The zero-order valence-electron chi connectivity index (χ0n) is 15.6. The maximum Gasteiger partial charge on any atom is 0.257 e. The van der Waals surface area contributed by atoms with Crippen LogP contribution < -0.4 is 10.6 Å². The highest BCUT2D eigenvalue weighted by Gasteiger charge is 2.35. The van der Waals surface area contributed by atoms with Crippen molar-refractivity contribution in [1.29, 1.82) is 0 Å². The van der Waals surface area contributed by atoms with Gasteiger partial charge in [0.2, 0.25) is 0 Å². The molecule has 0 radical (unpaired) electrons. The van der Waals surface area contributed by atoms with Gasteiger partial charge in [0.1, 0.15) is 5.82 Å². The summed E-state index contributed by atoms with van der Waals surface area (Å²) in [6.45, 7) is 4.04. The van der Waals surface area contributed by atoms with E-state index < -0.39 is 0 Å². The summed E-state index contributed by atoms with van der Waals surface area (Å²) in [4.78, 5) is 21.7. The van der Waals surface area contributed by atoms with Crippen molar-refractivity contribution in [3.05, 3.63) is 59.8 Å². The highest BCUT2D eigenvalue weighted by molar-refractivity contribution is 5.99. The molecule has 2 N–H and O–H groups in total. The van der Waals surface area contributed by atoms with E-state index in [9.17, 15) is 4.79 Å². The van der Waals surface area contributed by atoms with E-state index in [2.05, 4.69) is 22.0 Å². The molecule has 1 amide bonds. The molecule has 2 aliphatic rings. The van der Waals surface area contributed by atoms with Crippen molar-refractivity contribution in [2.24, 2.45) is 5.73 Å². The summed E-state index contributed by atoms with van der Waals surface area (Å²) in [5.74, 6) is 0.926. The molecule has 0 saturated carbocycles. The summed E-state index contributed by atoms with van der Waals surface area (Å²) in [6, 6.07) is 13.8. The number of hydrogen-bond acceptors (Lipinski definition) is 5. The van der Waals surface area contributed by atoms with Crippen LogP contribution in [0.25, 0.3) is 0 Å². The van der Waals surface area contributed by atoms with Crippen molar-refractivity contribution >= 4 is 36.5 Å². The van der Waals surface area contributed by atoms with Crippen LogP contribution in [-0.2, 0) is 4.74 Å². The molecule has 0 aliphatic carbocycles. The lowest BCUT2D eigenvalue weighted by Crippen LogP contribution is -2.39. The molecule has 2 aromatic rings. The topological polar surface area (TPSA) is 71.7 Å². The fourth-order valence-corrected chi connectivity index (χ4v) is 3.81. The highest BCUT2D eigenvalue weighted by atomic mass is 35.5. The van der Waals surface area contributed by atoms with Crippen LogP contribution >= 0.6 is 24.8 Å².